The minimum absolute atomic E-state index is 0.00511. The predicted octanol–water partition coefficient (Wildman–Crippen LogP) is 5.37. The molecule has 0 saturated heterocycles. The lowest BCUT2D eigenvalue weighted by Crippen LogP contribution is -2.46. The van der Waals surface area contributed by atoms with Crippen molar-refractivity contribution in [3.05, 3.63) is 33.9 Å². The average Bonchev–Trinajstić information content (AvgIpc) is 2.87. The Morgan fingerprint density at radius 1 is 0.711 bits per heavy atom. The van der Waals surface area contributed by atoms with Crippen molar-refractivity contribution in [2.45, 2.75) is 73.1 Å². The van der Waals surface area contributed by atoms with Crippen molar-refractivity contribution < 1.29 is 41.0 Å². The van der Waals surface area contributed by atoms with Crippen molar-refractivity contribution in [3.63, 3.8) is 0 Å². The van der Waals surface area contributed by atoms with E-state index in [4.69, 9.17) is 36.0 Å². The van der Waals surface area contributed by atoms with E-state index in [-0.39, 0.29) is 12.3 Å². The monoisotopic (exact) mass is 577 g/mol. The van der Waals surface area contributed by atoms with Gasteiger partial charge in [-0.2, -0.15) is 0 Å². The molecule has 0 aliphatic carbocycles. The molecular formula is C25H47NO10Si2. The van der Waals surface area contributed by atoms with Gasteiger partial charge in [-0.05, 0) is 66.5 Å². The molecule has 0 atom stereocenters. The normalized spacial score (nSPS) is 12.2. The Morgan fingerprint density at radius 2 is 1.16 bits per heavy atom. The maximum Gasteiger partial charge on any atom is 0.501 e. The Hall–Kier alpha value is -1.43. The molecule has 0 aromatic heterocycles. The van der Waals surface area contributed by atoms with Crippen molar-refractivity contribution in [1.29, 1.82) is 0 Å². The van der Waals surface area contributed by atoms with Gasteiger partial charge in [0.25, 0.3) is 5.69 Å². The first-order valence-corrected chi connectivity index (χ1v) is 17.5. The van der Waals surface area contributed by atoms with Gasteiger partial charge in [-0.25, -0.2) is 0 Å². The SMILES string of the molecule is CCO[Si](CCCOCc1cc(OCCC[Si](OCC)(OCC)OCC)ccc1[N+](=O)[O-])(OCC)OCC. The maximum atomic E-state index is 11.6. The number of nitro benzene ring substituents is 1. The highest BCUT2D eigenvalue weighted by molar-refractivity contribution is 6.61. The van der Waals surface area contributed by atoms with Crippen molar-refractivity contribution in [2.24, 2.45) is 0 Å². The Morgan fingerprint density at radius 3 is 1.58 bits per heavy atom. The smallest absolute Gasteiger partial charge is 0.494 e. The number of ether oxygens (including phenoxy) is 2. The first kappa shape index (κ1) is 34.6. The van der Waals surface area contributed by atoms with Gasteiger partial charge >= 0.3 is 17.6 Å². The zero-order valence-electron chi connectivity index (χ0n) is 24.0. The van der Waals surface area contributed by atoms with Crippen molar-refractivity contribution in [3.8, 4) is 5.75 Å². The van der Waals surface area contributed by atoms with Crippen LogP contribution in [0.4, 0.5) is 5.69 Å². The van der Waals surface area contributed by atoms with E-state index in [1.807, 2.05) is 41.5 Å². The van der Waals surface area contributed by atoms with E-state index in [1.54, 1.807) is 12.1 Å². The first-order valence-electron chi connectivity index (χ1n) is 13.7. The molecular weight excluding hydrogens is 530 g/mol. The second-order valence-corrected chi connectivity index (χ2v) is 13.6. The molecule has 0 amide bonds. The number of nitrogens with zero attached hydrogens (tertiary/aromatic N) is 1. The lowest BCUT2D eigenvalue weighted by atomic mass is 10.2. The summed E-state index contributed by atoms with van der Waals surface area (Å²) in [5, 5.41) is 11.6. The first-order chi connectivity index (χ1) is 18.3. The second kappa shape index (κ2) is 19.6. The van der Waals surface area contributed by atoms with Crippen molar-refractivity contribution in [1.82, 2.24) is 0 Å². The van der Waals surface area contributed by atoms with Gasteiger partial charge in [-0.15, -0.1) is 0 Å². The van der Waals surface area contributed by atoms with Crippen LogP contribution in [-0.4, -0.2) is 75.4 Å². The number of benzene rings is 1. The minimum atomic E-state index is -2.74. The third kappa shape index (κ3) is 12.2. The molecule has 0 bridgehead atoms. The molecule has 0 spiro atoms. The zero-order chi connectivity index (χ0) is 28.3. The highest BCUT2D eigenvalue weighted by atomic mass is 28.4. The van der Waals surface area contributed by atoms with Gasteiger partial charge in [-0.1, -0.05) is 0 Å². The van der Waals surface area contributed by atoms with E-state index in [0.29, 0.717) is 89.1 Å². The van der Waals surface area contributed by atoms with Gasteiger partial charge in [0, 0.05) is 64.4 Å². The van der Waals surface area contributed by atoms with Gasteiger partial charge < -0.3 is 36.0 Å². The predicted molar refractivity (Wildman–Crippen MR) is 148 cm³/mol. The molecule has 1 aromatic rings. The van der Waals surface area contributed by atoms with Crippen LogP contribution in [0.15, 0.2) is 18.2 Å². The van der Waals surface area contributed by atoms with Crippen LogP contribution in [0.25, 0.3) is 0 Å². The van der Waals surface area contributed by atoms with Crippen molar-refractivity contribution >= 4 is 23.3 Å². The fourth-order valence-electron chi connectivity index (χ4n) is 4.00. The van der Waals surface area contributed by atoms with E-state index < -0.39 is 22.5 Å². The molecule has 0 aliphatic heterocycles. The molecule has 0 unspecified atom stereocenters. The number of rotatable bonds is 24. The third-order valence-corrected chi connectivity index (χ3v) is 11.7. The summed E-state index contributed by atoms with van der Waals surface area (Å²) >= 11 is 0. The third-order valence-electron chi connectivity index (χ3n) is 5.36. The summed E-state index contributed by atoms with van der Waals surface area (Å²) in [5.74, 6) is 0.543. The topological polar surface area (TPSA) is 117 Å². The molecule has 0 fully saturated rings. The van der Waals surface area contributed by atoms with E-state index in [1.165, 1.54) is 6.07 Å². The Balaban J connectivity index is 2.70. The number of hydrogen-bond acceptors (Lipinski definition) is 10. The fourth-order valence-corrected chi connectivity index (χ4v) is 9.16. The number of hydrogen-bond donors (Lipinski definition) is 0. The zero-order valence-corrected chi connectivity index (χ0v) is 26.0. The summed E-state index contributed by atoms with van der Waals surface area (Å²) < 4.78 is 46.9. The molecule has 0 saturated carbocycles. The Kier molecular flexibility index (Phi) is 17.9. The van der Waals surface area contributed by atoms with Crippen LogP contribution in [0, 0.1) is 10.1 Å². The summed E-state index contributed by atoms with van der Waals surface area (Å²) in [7, 11) is -5.48. The number of nitro groups is 1. The van der Waals surface area contributed by atoms with Gasteiger partial charge in [0.1, 0.15) is 5.75 Å². The van der Waals surface area contributed by atoms with Gasteiger partial charge in [0.2, 0.25) is 0 Å². The molecule has 0 N–H and O–H groups in total. The average molecular weight is 578 g/mol. The maximum absolute atomic E-state index is 11.6. The standard InChI is InChI=1S/C25H47NO10Si2/c1-7-31-37(32-8-2,33-9-3)19-13-17-29-22-23-21-24(15-16-25(23)26(27)28)30-18-14-20-38(34-10-4,35-11-5)36-12-6/h15-16,21H,7-14,17-20,22H2,1-6H3. The lowest BCUT2D eigenvalue weighted by molar-refractivity contribution is -0.386. The van der Waals surface area contributed by atoms with Crippen molar-refractivity contribution in [2.75, 3.05) is 52.9 Å². The van der Waals surface area contributed by atoms with Gasteiger partial charge in [0.05, 0.1) is 23.7 Å². The Labute approximate surface area is 229 Å². The fraction of sp³-hybridized carbons (Fsp3) is 0.760. The molecule has 13 heteroatoms. The van der Waals surface area contributed by atoms with Gasteiger partial charge in [0.15, 0.2) is 0 Å². The highest BCUT2D eigenvalue weighted by Gasteiger charge is 2.40. The van der Waals surface area contributed by atoms with Crippen LogP contribution < -0.4 is 4.74 Å². The largest absolute Gasteiger partial charge is 0.501 e. The molecule has 38 heavy (non-hydrogen) atoms. The Bertz CT molecular complexity index is 752. The van der Waals surface area contributed by atoms with Crippen LogP contribution in [0.1, 0.15) is 59.9 Å². The quantitative estimate of drug-likeness (QED) is 0.0687. The van der Waals surface area contributed by atoms with Crippen LogP contribution >= 0.6 is 0 Å². The summed E-state index contributed by atoms with van der Waals surface area (Å²) in [4.78, 5) is 11.1. The van der Waals surface area contributed by atoms with Crippen LogP contribution in [-0.2, 0) is 37.9 Å². The van der Waals surface area contributed by atoms with E-state index in [9.17, 15) is 10.1 Å². The van der Waals surface area contributed by atoms with E-state index >= 15 is 0 Å². The van der Waals surface area contributed by atoms with E-state index in [2.05, 4.69) is 0 Å². The minimum Gasteiger partial charge on any atom is -0.494 e. The van der Waals surface area contributed by atoms with Crippen LogP contribution in [0.5, 0.6) is 5.75 Å². The highest BCUT2D eigenvalue weighted by Crippen LogP contribution is 2.26. The summed E-state index contributed by atoms with van der Waals surface area (Å²) in [5.41, 5.74) is 0.451. The molecule has 220 valence electrons. The second-order valence-electron chi connectivity index (χ2n) is 8.12. The summed E-state index contributed by atoms with van der Waals surface area (Å²) in [6.07, 6.45) is 1.32. The summed E-state index contributed by atoms with van der Waals surface area (Å²) in [6.45, 7) is 15.5. The molecule has 0 aliphatic rings. The molecule has 1 rings (SSSR count). The lowest BCUT2D eigenvalue weighted by Gasteiger charge is -2.28. The molecule has 0 radical (unpaired) electrons. The summed E-state index contributed by atoms with van der Waals surface area (Å²) in [6, 6.07) is 5.96. The van der Waals surface area contributed by atoms with E-state index in [0.717, 1.165) is 0 Å². The van der Waals surface area contributed by atoms with Crippen LogP contribution in [0.2, 0.25) is 12.1 Å². The molecule has 0 heterocycles. The van der Waals surface area contributed by atoms with Gasteiger partial charge in [-0.3, -0.25) is 10.1 Å². The molecule has 11 nitrogen and oxygen atoms in total. The van der Waals surface area contributed by atoms with Crippen LogP contribution in [0.3, 0.4) is 0 Å². The molecule has 1 aromatic carbocycles.